The zero-order valence-electron chi connectivity index (χ0n) is 16.4. The van der Waals surface area contributed by atoms with Gasteiger partial charge in [-0.1, -0.05) is 44.2 Å². The Kier molecular flexibility index (Phi) is 7.01. The molecule has 10 heteroatoms. The van der Waals surface area contributed by atoms with E-state index in [1.54, 1.807) is 25.2 Å². The van der Waals surface area contributed by atoms with E-state index >= 15 is 0 Å². The lowest BCUT2D eigenvalue weighted by atomic mass is 9.99. The molecule has 3 N–H and O–H groups in total. The van der Waals surface area contributed by atoms with Gasteiger partial charge >= 0.3 is 0 Å². The summed E-state index contributed by atoms with van der Waals surface area (Å²) in [4.78, 5) is 17.4. The Bertz CT molecular complexity index is 923. The number of aromatic nitrogens is 1. The summed E-state index contributed by atoms with van der Waals surface area (Å²) in [5.41, 5.74) is 2.65. The van der Waals surface area contributed by atoms with Crippen molar-refractivity contribution in [1.29, 1.82) is 0 Å². The average Bonchev–Trinajstić information content (AvgIpc) is 3.22. The van der Waals surface area contributed by atoms with Crippen molar-refractivity contribution in [3.8, 4) is 10.4 Å². The van der Waals surface area contributed by atoms with Crippen LogP contribution in [0, 0.1) is 5.92 Å². The molecule has 2 heterocycles. The van der Waals surface area contributed by atoms with Gasteiger partial charge in [0.05, 0.1) is 9.88 Å². The standard InChI is InChI=1S/C19H26N4O4S2/c1-13(2)17(18(24)21-25)22-29(26,27)23-10-8-15(9-11-23)19-20-12-16(28-19)14-6-4-3-5-7-14/h3-7,12-13,15,17,22,25H,8-11H2,1-2H3,(H,21,24). The number of carbonyl (C=O) groups excluding carboxylic acids is 1. The SMILES string of the molecule is CC(C)C(NS(=O)(=O)N1CCC(c2ncc(-c3ccccc3)s2)CC1)C(=O)NO. The Balaban J connectivity index is 1.63. The number of hydrogen-bond acceptors (Lipinski definition) is 6. The number of benzene rings is 1. The lowest BCUT2D eigenvalue weighted by molar-refractivity contribution is -0.131. The number of amides is 1. The molecule has 1 saturated heterocycles. The minimum atomic E-state index is -3.83. The third kappa shape index (κ3) is 5.20. The normalized spacial score (nSPS) is 17.4. The summed E-state index contributed by atoms with van der Waals surface area (Å²) in [7, 11) is -3.83. The molecule has 158 valence electrons. The molecule has 0 radical (unpaired) electrons. The van der Waals surface area contributed by atoms with Gasteiger partial charge in [0.25, 0.3) is 16.1 Å². The maximum atomic E-state index is 12.7. The van der Waals surface area contributed by atoms with Crippen LogP contribution in [0.5, 0.6) is 0 Å². The lowest BCUT2D eigenvalue weighted by Gasteiger charge is -2.32. The van der Waals surface area contributed by atoms with Gasteiger partial charge in [-0.2, -0.15) is 17.4 Å². The highest BCUT2D eigenvalue weighted by atomic mass is 32.2. The number of rotatable bonds is 7. The predicted octanol–water partition coefficient (Wildman–Crippen LogP) is 2.35. The van der Waals surface area contributed by atoms with Gasteiger partial charge < -0.3 is 0 Å². The van der Waals surface area contributed by atoms with Gasteiger partial charge in [-0.3, -0.25) is 10.0 Å². The summed E-state index contributed by atoms with van der Waals surface area (Å²) in [5, 5.41) is 9.87. The van der Waals surface area contributed by atoms with Crippen molar-refractivity contribution in [2.24, 2.45) is 5.92 Å². The van der Waals surface area contributed by atoms with Gasteiger partial charge in [-0.05, 0) is 24.3 Å². The van der Waals surface area contributed by atoms with Crippen LogP contribution in [-0.4, -0.2) is 48.0 Å². The molecular formula is C19H26N4O4S2. The number of nitrogens with one attached hydrogen (secondary N) is 2. The summed E-state index contributed by atoms with van der Waals surface area (Å²) in [5.74, 6) is -0.860. The van der Waals surface area contributed by atoms with Gasteiger partial charge in [-0.25, -0.2) is 10.5 Å². The van der Waals surface area contributed by atoms with Crippen molar-refractivity contribution in [3.63, 3.8) is 0 Å². The van der Waals surface area contributed by atoms with Crippen LogP contribution in [0.25, 0.3) is 10.4 Å². The summed E-state index contributed by atoms with van der Waals surface area (Å²) in [6.07, 6.45) is 3.21. The smallest absolute Gasteiger partial charge is 0.280 e. The Hall–Kier alpha value is -1.85. The van der Waals surface area contributed by atoms with Crippen LogP contribution in [-0.2, 0) is 15.0 Å². The molecular weight excluding hydrogens is 412 g/mol. The number of piperidine rings is 1. The highest BCUT2D eigenvalue weighted by Crippen LogP contribution is 2.35. The van der Waals surface area contributed by atoms with Gasteiger partial charge in [-0.15, -0.1) is 11.3 Å². The Morgan fingerprint density at radius 3 is 2.48 bits per heavy atom. The van der Waals surface area contributed by atoms with Crippen molar-refractivity contribution in [3.05, 3.63) is 41.5 Å². The quantitative estimate of drug-likeness (QED) is 0.454. The van der Waals surface area contributed by atoms with E-state index in [1.807, 2.05) is 36.5 Å². The molecule has 29 heavy (non-hydrogen) atoms. The second-order valence-electron chi connectivity index (χ2n) is 7.42. The molecule has 1 aromatic heterocycles. The van der Waals surface area contributed by atoms with Crippen LogP contribution in [0.1, 0.15) is 37.6 Å². The molecule has 3 rings (SSSR count). The van der Waals surface area contributed by atoms with Crippen molar-refractivity contribution in [1.82, 2.24) is 19.5 Å². The third-order valence-electron chi connectivity index (χ3n) is 5.06. The minimum absolute atomic E-state index is 0.213. The van der Waals surface area contributed by atoms with E-state index < -0.39 is 22.2 Å². The third-order valence-corrected chi connectivity index (χ3v) is 7.87. The molecule has 1 aliphatic heterocycles. The Labute approximate surface area is 175 Å². The molecule has 1 aliphatic rings. The number of carbonyl (C=O) groups is 1. The summed E-state index contributed by atoms with van der Waals surface area (Å²) in [6.45, 7) is 4.13. The second-order valence-corrected chi connectivity index (χ2v) is 10.2. The fraction of sp³-hybridized carbons (Fsp3) is 0.474. The monoisotopic (exact) mass is 438 g/mol. The molecule has 1 unspecified atom stereocenters. The molecule has 0 aliphatic carbocycles. The minimum Gasteiger partial charge on any atom is -0.289 e. The second kappa shape index (κ2) is 9.31. The zero-order valence-corrected chi connectivity index (χ0v) is 18.0. The topological polar surface area (TPSA) is 112 Å². The maximum absolute atomic E-state index is 12.7. The number of nitrogens with zero attached hydrogens (tertiary/aromatic N) is 2. The van der Waals surface area contributed by atoms with Crippen LogP contribution in [0.2, 0.25) is 0 Å². The number of hydroxylamine groups is 1. The van der Waals surface area contributed by atoms with Crippen LogP contribution in [0.3, 0.4) is 0 Å². The first-order valence-corrected chi connectivity index (χ1v) is 11.8. The first kappa shape index (κ1) is 21.8. The molecule has 1 aromatic carbocycles. The van der Waals surface area contributed by atoms with Crippen molar-refractivity contribution >= 4 is 27.5 Å². The lowest BCUT2D eigenvalue weighted by Crippen LogP contribution is -2.54. The molecule has 0 saturated carbocycles. The van der Waals surface area contributed by atoms with Gasteiger partial charge in [0, 0.05) is 25.2 Å². The van der Waals surface area contributed by atoms with E-state index in [0.29, 0.717) is 25.9 Å². The van der Waals surface area contributed by atoms with Gasteiger partial charge in [0.15, 0.2) is 0 Å². The van der Waals surface area contributed by atoms with E-state index in [4.69, 9.17) is 5.21 Å². The first-order valence-electron chi connectivity index (χ1n) is 9.54. The van der Waals surface area contributed by atoms with Crippen LogP contribution >= 0.6 is 11.3 Å². The van der Waals surface area contributed by atoms with Crippen molar-refractivity contribution < 1.29 is 18.4 Å². The molecule has 2 aromatic rings. The zero-order chi connectivity index (χ0) is 21.0. The fourth-order valence-electron chi connectivity index (χ4n) is 3.35. The average molecular weight is 439 g/mol. The molecule has 0 spiro atoms. The predicted molar refractivity (Wildman–Crippen MR) is 112 cm³/mol. The molecule has 0 bridgehead atoms. The first-order chi connectivity index (χ1) is 13.8. The Morgan fingerprint density at radius 2 is 1.90 bits per heavy atom. The summed E-state index contributed by atoms with van der Waals surface area (Å²) < 4.78 is 29.1. The molecule has 1 atom stereocenters. The van der Waals surface area contributed by atoms with E-state index in [-0.39, 0.29) is 11.8 Å². The van der Waals surface area contributed by atoms with E-state index in [9.17, 15) is 13.2 Å². The molecule has 1 fully saturated rings. The highest BCUT2D eigenvalue weighted by molar-refractivity contribution is 7.87. The van der Waals surface area contributed by atoms with Gasteiger partial charge in [0.2, 0.25) is 0 Å². The highest BCUT2D eigenvalue weighted by Gasteiger charge is 2.34. The number of thiazole rings is 1. The molecule has 1 amide bonds. The van der Waals surface area contributed by atoms with Crippen LogP contribution in [0.15, 0.2) is 36.5 Å². The van der Waals surface area contributed by atoms with Crippen molar-refractivity contribution in [2.45, 2.75) is 38.6 Å². The molecule has 8 nitrogen and oxygen atoms in total. The van der Waals surface area contributed by atoms with Crippen molar-refractivity contribution in [2.75, 3.05) is 13.1 Å². The summed E-state index contributed by atoms with van der Waals surface area (Å²) >= 11 is 1.65. The number of hydrogen-bond donors (Lipinski definition) is 3. The van der Waals surface area contributed by atoms with Crippen LogP contribution in [0.4, 0.5) is 0 Å². The largest absolute Gasteiger partial charge is 0.289 e. The van der Waals surface area contributed by atoms with E-state index in [2.05, 4.69) is 9.71 Å². The van der Waals surface area contributed by atoms with E-state index in [1.165, 1.54) is 9.79 Å². The summed E-state index contributed by atoms with van der Waals surface area (Å²) in [6, 6.07) is 9.02. The maximum Gasteiger partial charge on any atom is 0.280 e. The fourth-order valence-corrected chi connectivity index (χ4v) is 5.99. The van der Waals surface area contributed by atoms with Gasteiger partial charge in [0.1, 0.15) is 6.04 Å². The Morgan fingerprint density at radius 1 is 1.24 bits per heavy atom. The van der Waals surface area contributed by atoms with Crippen LogP contribution < -0.4 is 10.2 Å². The van der Waals surface area contributed by atoms with E-state index in [0.717, 1.165) is 15.4 Å².